The molecule has 6 heteroatoms. The number of aromatic nitrogens is 2. The van der Waals surface area contributed by atoms with Gasteiger partial charge in [0.2, 0.25) is 5.95 Å². The summed E-state index contributed by atoms with van der Waals surface area (Å²) in [5.74, 6) is 0.769. The Balaban J connectivity index is 1.70. The summed E-state index contributed by atoms with van der Waals surface area (Å²) in [5.41, 5.74) is 2.73. The van der Waals surface area contributed by atoms with Crippen LogP contribution in [0.2, 0.25) is 0 Å². The maximum absolute atomic E-state index is 13.3. The van der Waals surface area contributed by atoms with Gasteiger partial charge in [-0.1, -0.05) is 6.07 Å². The number of rotatable bonds is 7. The van der Waals surface area contributed by atoms with Crippen molar-refractivity contribution in [3.63, 3.8) is 0 Å². The number of nitrogens with one attached hydrogen (secondary N) is 2. The van der Waals surface area contributed by atoms with Crippen LogP contribution < -0.4 is 15.5 Å². The Hall–Kier alpha value is -3.15. The lowest BCUT2D eigenvalue weighted by molar-refractivity contribution is 0.628. The van der Waals surface area contributed by atoms with E-state index >= 15 is 0 Å². The average Bonchev–Trinajstić information content (AvgIpc) is 2.64. The molecule has 3 aromatic rings. The minimum absolute atomic E-state index is 0.296. The summed E-state index contributed by atoms with van der Waals surface area (Å²) in [5, 5.41) is 6.26. The van der Waals surface area contributed by atoms with E-state index in [9.17, 15) is 4.39 Å². The lowest BCUT2D eigenvalue weighted by Crippen LogP contribution is -2.21. The highest BCUT2D eigenvalue weighted by molar-refractivity contribution is 5.61. The average molecular weight is 351 g/mol. The van der Waals surface area contributed by atoms with Crippen molar-refractivity contribution >= 4 is 28.8 Å². The highest BCUT2D eigenvalue weighted by Gasteiger charge is 2.04. The monoisotopic (exact) mass is 351 g/mol. The minimum Gasteiger partial charge on any atom is -0.372 e. The molecule has 0 amide bonds. The van der Waals surface area contributed by atoms with Crippen molar-refractivity contribution in [1.29, 1.82) is 0 Å². The maximum Gasteiger partial charge on any atom is 0.229 e. The third kappa shape index (κ3) is 4.47. The summed E-state index contributed by atoms with van der Waals surface area (Å²) in [4.78, 5) is 10.9. The van der Waals surface area contributed by atoms with E-state index in [1.165, 1.54) is 17.8 Å². The summed E-state index contributed by atoms with van der Waals surface area (Å²) in [6.45, 7) is 6.22. The second kappa shape index (κ2) is 8.29. The lowest BCUT2D eigenvalue weighted by Gasteiger charge is -2.21. The highest BCUT2D eigenvalue weighted by atomic mass is 19.1. The molecule has 0 aliphatic heterocycles. The topological polar surface area (TPSA) is 53.1 Å². The van der Waals surface area contributed by atoms with Gasteiger partial charge >= 0.3 is 0 Å². The minimum atomic E-state index is -0.296. The van der Waals surface area contributed by atoms with Gasteiger partial charge in [-0.25, -0.2) is 9.37 Å². The van der Waals surface area contributed by atoms with Crippen LogP contribution in [0.1, 0.15) is 13.8 Å². The Bertz CT molecular complexity index is 847. The SMILES string of the molecule is CCN(CC)c1ccc(Nc2nccc(Nc3cccc(F)c3)n2)cc1. The standard InChI is InChI=1S/C20H22FN5/c1-3-26(4-2)18-10-8-16(9-11-18)24-20-22-13-12-19(25-20)23-17-7-5-6-15(21)14-17/h5-14H,3-4H2,1-2H3,(H2,22,23,24,25). The fourth-order valence-electron chi connectivity index (χ4n) is 2.68. The van der Waals surface area contributed by atoms with Crippen LogP contribution in [0.5, 0.6) is 0 Å². The predicted molar refractivity (Wildman–Crippen MR) is 105 cm³/mol. The van der Waals surface area contributed by atoms with Crippen LogP contribution in [0.15, 0.2) is 60.8 Å². The first-order valence-electron chi connectivity index (χ1n) is 8.65. The molecule has 0 radical (unpaired) electrons. The molecule has 3 rings (SSSR count). The molecule has 0 aliphatic carbocycles. The summed E-state index contributed by atoms with van der Waals surface area (Å²) in [6, 6.07) is 16.1. The second-order valence-electron chi connectivity index (χ2n) is 5.74. The summed E-state index contributed by atoms with van der Waals surface area (Å²) in [7, 11) is 0. The smallest absolute Gasteiger partial charge is 0.229 e. The van der Waals surface area contributed by atoms with Crippen molar-refractivity contribution in [3.05, 3.63) is 66.6 Å². The molecule has 0 bridgehead atoms. The fourth-order valence-corrected chi connectivity index (χ4v) is 2.68. The van der Waals surface area contributed by atoms with Gasteiger partial charge in [-0.2, -0.15) is 4.98 Å². The molecule has 2 aromatic carbocycles. The molecular weight excluding hydrogens is 329 g/mol. The Labute approximate surface area is 152 Å². The molecule has 0 saturated heterocycles. The number of nitrogens with zero attached hydrogens (tertiary/aromatic N) is 3. The van der Waals surface area contributed by atoms with Gasteiger partial charge in [-0.3, -0.25) is 0 Å². The van der Waals surface area contributed by atoms with Gasteiger partial charge in [0.05, 0.1) is 0 Å². The molecule has 1 heterocycles. The van der Waals surface area contributed by atoms with Crippen molar-refractivity contribution in [2.45, 2.75) is 13.8 Å². The molecule has 1 aromatic heterocycles. The summed E-state index contributed by atoms with van der Waals surface area (Å²) in [6.07, 6.45) is 1.65. The van der Waals surface area contributed by atoms with Crippen LogP contribution in [0.4, 0.5) is 33.2 Å². The Morgan fingerprint density at radius 1 is 0.923 bits per heavy atom. The zero-order valence-electron chi connectivity index (χ0n) is 14.9. The zero-order valence-corrected chi connectivity index (χ0v) is 14.9. The highest BCUT2D eigenvalue weighted by Crippen LogP contribution is 2.21. The molecule has 0 spiro atoms. The molecule has 5 nitrogen and oxygen atoms in total. The third-order valence-corrected chi connectivity index (χ3v) is 4.00. The molecule has 0 fully saturated rings. The van der Waals surface area contributed by atoms with Gasteiger partial charge < -0.3 is 15.5 Å². The van der Waals surface area contributed by atoms with Crippen molar-refractivity contribution in [2.75, 3.05) is 28.6 Å². The van der Waals surface area contributed by atoms with E-state index in [2.05, 4.69) is 51.5 Å². The molecule has 0 unspecified atom stereocenters. The van der Waals surface area contributed by atoms with Crippen molar-refractivity contribution in [2.24, 2.45) is 0 Å². The van der Waals surface area contributed by atoms with Gasteiger partial charge in [-0.05, 0) is 62.4 Å². The van der Waals surface area contributed by atoms with E-state index in [0.29, 0.717) is 17.5 Å². The Morgan fingerprint density at radius 3 is 2.38 bits per heavy atom. The van der Waals surface area contributed by atoms with E-state index in [-0.39, 0.29) is 5.82 Å². The first-order chi connectivity index (χ1) is 12.7. The number of anilines is 5. The summed E-state index contributed by atoms with van der Waals surface area (Å²) < 4.78 is 13.3. The molecular formula is C20H22FN5. The second-order valence-corrected chi connectivity index (χ2v) is 5.74. The van der Waals surface area contributed by atoms with Crippen LogP contribution >= 0.6 is 0 Å². The largest absolute Gasteiger partial charge is 0.372 e. The molecule has 0 aliphatic rings. The predicted octanol–water partition coefficient (Wildman–Crippen LogP) is 4.95. The van der Waals surface area contributed by atoms with Gasteiger partial charge in [0.25, 0.3) is 0 Å². The van der Waals surface area contributed by atoms with Crippen LogP contribution in [-0.4, -0.2) is 23.1 Å². The quantitative estimate of drug-likeness (QED) is 0.631. The zero-order chi connectivity index (χ0) is 18.4. The van der Waals surface area contributed by atoms with Crippen molar-refractivity contribution < 1.29 is 4.39 Å². The molecule has 134 valence electrons. The van der Waals surface area contributed by atoms with Crippen LogP contribution in [-0.2, 0) is 0 Å². The molecule has 2 N–H and O–H groups in total. The van der Waals surface area contributed by atoms with E-state index in [4.69, 9.17) is 0 Å². The summed E-state index contributed by atoms with van der Waals surface area (Å²) >= 11 is 0. The van der Waals surface area contributed by atoms with Gasteiger partial charge in [0.1, 0.15) is 11.6 Å². The molecule has 0 saturated carbocycles. The van der Waals surface area contributed by atoms with Crippen LogP contribution in [0.3, 0.4) is 0 Å². The number of halogens is 1. The molecule has 26 heavy (non-hydrogen) atoms. The Morgan fingerprint density at radius 2 is 1.69 bits per heavy atom. The van der Waals surface area contributed by atoms with Gasteiger partial charge in [0.15, 0.2) is 0 Å². The first-order valence-corrected chi connectivity index (χ1v) is 8.65. The lowest BCUT2D eigenvalue weighted by atomic mass is 10.2. The van der Waals surface area contributed by atoms with E-state index in [0.717, 1.165) is 18.8 Å². The third-order valence-electron chi connectivity index (χ3n) is 4.00. The Kier molecular flexibility index (Phi) is 5.63. The van der Waals surface area contributed by atoms with Gasteiger partial charge in [0, 0.05) is 36.3 Å². The number of benzene rings is 2. The van der Waals surface area contributed by atoms with Gasteiger partial charge in [-0.15, -0.1) is 0 Å². The number of hydrogen-bond acceptors (Lipinski definition) is 5. The molecule has 0 atom stereocenters. The van der Waals surface area contributed by atoms with Crippen LogP contribution in [0, 0.1) is 5.82 Å². The van der Waals surface area contributed by atoms with Crippen LogP contribution in [0.25, 0.3) is 0 Å². The van der Waals surface area contributed by atoms with E-state index in [1.54, 1.807) is 24.4 Å². The van der Waals surface area contributed by atoms with Crippen molar-refractivity contribution in [3.8, 4) is 0 Å². The fraction of sp³-hybridized carbons (Fsp3) is 0.200. The maximum atomic E-state index is 13.3. The number of hydrogen-bond donors (Lipinski definition) is 2. The van der Waals surface area contributed by atoms with E-state index < -0.39 is 0 Å². The van der Waals surface area contributed by atoms with E-state index in [1.807, 2.05) is 12.1 Å². The first kappa shape index (κ1) is 17.7. The normalized spacial score (nSPS) is 10.4. The van der Waals surface area contributed by atoms with Crippen molar-refractivity contribution in [1.82, 2.24) is 9.97 Å².